The van der Waals surface area contributed by atoms with Crippen LogP contribution in [0.25, 0.3) is 5.57 Å². The van der Waals surface area contributed by atoms with Crippen molar-refractivity contribution in [3.63, 3.8) is 0 Å². The predicted octanol–water partition coefficient (Wildman–Crippen LogP) is 4.61. The molecular formula is C18H25NO. The van der Waals surface area contributed by atoms with E-state index in [9.17, 15) is 4.79 Å². The summed E-state index contributed by atoms with van der Waals surface area (Å²) in [6, 6.07) is 7.60. The molecule has 108 valence electrons. The molecule has 1 amide bonds. The van der Waals surface area contributed by atoms with Crippen LogP contribution in [0.3, 0.4) is 0 Å². The van der Waals surface area contributed by atoms with E-state index in [1.54, 1.807) is 0 Å². The van der Waals surface area contributed by atoms with Gasteiger partial charge in [-0.1, -0.05) is 56.4 Å². The molecule has 0 saturated carbocycles. The molecule has 1 N–H and O–H groups in total. The van der Waals surface area contributed by atoms with Crippen LogP contribution in [0, 0.1) is 0 Å². The quantitative estimate of drug-likeness (QED) is 0.569. The van der Waals surface area contributed by atoms with E-state index in [4.69, 9.17) is 0 Å². The Balaban J connectivity index is 0.00000400. The SMILES string of the molecule is C=C/C(=C\C=C/C)c1ccc(C(=O)NCCCC)cc1.[HH]. The van der Waals surface area contributed by atoms with Crippen LogP contribution < -0.4 is 5.32 Å². The van der Waals surface area contributed by atoms with E-state index < -0.39 is 0 Å². The minimum Gasteiger partial charge on any atom is -0.352 e. The van der Waals surface area contributed by atoms with E-state index in [2.05, 4.69) is 18.8 Å². The lowest BCUT2D eigenvalue weighted by Crippen LogP contribution is -2.24. The Kier molecular flexibility index (Phi) is 7.12. The molecule has 2 heteroatoms. The first-order valence-corrected chi connectivity index (χ1v) is 7.07. The van der Waals surface area contributed by atoms with Crippen molar-refractivity contribution in [2.24, 2.45) is 0 Å². The maximum atomic E-state index is 11.9. The Bertz CT molecular complexity index is 500. The molecule has 0 aromatic heterocycles. The number of benzene rings is 1. The fourth-order valence-corrected chi connectivity index (χ4v) is 1.78. The fraction of sp³-hybridized carbons (Fsp3) is 0.278. The Morgan fingerprint density at radius 2 is 1.95 bits per heavy atom. The van der Waals surface area contributed by atoms with E-state index >= 15 is 0 Å². The van der Waals surface area contributed by atoms with Gasteiger partial charge in [-0.05, 0) is 36.6 Å². The largest absolute Gasteiger partial charge is 0.352 e. The normalized spacial score (nSPS) is 11.6. The number of rotatable bonds is 7. The van der Waals surface area contributed by atoms with Gasteiger partial charge >= 0.3 is 0 Å². The minimum absolute atomic E-state index is 0. The number of unbranched alkanes of at least 4 members (excludes halogenated alkanes) is 1. The van der Waals surface area contributed by atoms with Gasteiger partial charge < -0.3 is 5.32 Å². The van der Waals surface area contributed by atoms with E-state index in [1.807, 2.05) is 55.5 Å². The van der Waals surface area contributed by atoms with Gasteiger partial charge in [-0.3, -0.25) is 4.79 Å². The van der Waals surface area contributed by atoms with Gasteiger partial charge in [0, 0.05) is 13.5 Å². The second kappa shape index (κ2) is 8.92. The molecule has 0 aliphatic carbocycles. The highest BCUT2D eigenvalue weighted by atomic mass is 16.1. The van der Waals surface area contributed by atoms with Crippen molar-refractivity contribution in [2.75, 3.05) is 6.54 Å². The first-order chi connectivity index (χ1) is 9.72. The zero-order chi connectivity index (χ0) is 14.8. The number of allylic oxidation sites excluding steroid dienone is 5. The van der Waals surface area contributed by atoms with Crippen LogP contribution in [0.1, 0.15) is 44.0 Å². The average Bonchev–Trinajstić information content (AvgIpc) is 2.49. The first-order valence-electron chi connectivity index (χ1n) is 7.07. The molecule has 1 rings (SSSR count). The highest BCUT2D eigenvalue weighted by Crippen LogP contribution is 2.16. The van der Waals surface area contributed by atoms with Gasteiger partial charge in [0.05, 0.1) is 0 Å². The van der Waals surface area contributed by atoms with Crippen molar-refractivity contribution in [1.29, 1.82) is 0 Å². The molecule has 0 spiro atoms. The standard InChI is InChI=1S/C18H23NO.H2/c1-4-7-9-15(6-3)16-10-12-17(13-11-16)18(20)19-14-8-5-2;/h4,6-7,9-13H,3,5,8,14H2,1-2H3,(H,19,20);1H/b7-4-,15-9+;. The van der Waals surface area contributed by atoms with Crippen LogP contribution in [0.4, 0.5) is 0 Å². The summed E-state index contributed by atoms with van der Waals surface area (Å²) in [5, 5.41) is 2.91. The lowest BCUT2D eigenvalue weighted by atomic mass is 10.0. The fourth-order valence-electron chi connectivity index (χ4n) is 1.78. The Hall–Kier alpha value is -2.09. The van der Waals surface area contributed by atoms with Crippen LogP contribution in [-0.4, -0.2) is 12.5 Å². The van der Waals surface area contributed by atoms with Gasteiger partial charge in [0.25, 0.3) is 5.91 Å². The molecule has 0 saturated heterocycles. The Labute approximate surface area is 123 Å². The summed E-state index contributed by atoms with van der Waals surface area (Å²) in [6.07, 6.45) is 9.86. The van der Waals surface area contributed by atoms with Crippen LogP contribution in [0.2, 0.25) is 0 Å². The molecule has 0 fully saturated rings. The molecule has 0 radical (unpaired) electrons. The molecule has 0 unspecified atom stereocenters. The summed E-state index contributed by atoms with van der Waals surface area (Å²) in [7, 11) is 0. The zero-order valence-corrected chi connectivity index (χ0v) is 12.4. The summed E-state index contributed by atoms with van der Waals surface area (Å²) < 4.78 is 0. The molecule has 0 bridgehead atoms. The third kappa shape index (κ3) is 4.88. The number of hydrogen-bond donors (Lipinski definition) is 1. The molecule has 2 nitrogen and oxygen atoms in total. The van der Waals surface area contributed by atoms with E-state index in [0.29, 0.717) is 5.56 Å². The van der Waals surface area contributed by atoms with Crippen molar-refractivity contribution in [3.05, 3.63) is 66.3 Å². The first kappa shape index (κ1) is 16.0. The topological polar surface area (TPSA) is 29.1 Å². The van der Waals surface area contributed by atoms with Crippen molar-refractivity contribution in [3.8, 4) is 0 Å². The molecule has 0 aliphatic rings. The minimum atomic E-state index is -0.0115. The van der Waals surface area contributed by atoms with Crippen molar-refractivity contribution in [2.45, 2.75) is 26.7 Å². The zero-order valence-electron chi connectivity index (χ0n) is 12.4. The Morgan fingerprint density at radius 1 is 1.30 bits per heavy atom. The molecule has 20 heavy (non-hydrogen) atoms. The summed E-state index contributed by atoms with van der Waals surface area (Å²) in [6.45, 7) is 8.63. The maximum Gasteiger partial charge on any atom is 0.251 e. The summed E-state index contributed by atoms with van der Waals surface area (Å²) in [5.41, 5.74) is 2.79. The van der Waals surface area contributed by atoms with Gasteiger partial charge in [-0.25, -0.2) is 0 Å². The van der Waals surface area contributed by atoms with Gasteiger partial charge in [0.2, 0.25) is 0 Å². The lowest BCUT2D eigenvalue weighted by molar-refractivity contribution is 0.0953. The highest BCUT2D eigenvalue weighted by molar-refractivity contribution is 5.94. The molecule has 1 aromatic rings. The second-order valence-electron chi connectivity index (χ2n) is 4.54. The predicted molar refractivity (Wildman–Crippen MR) is 88.8 cm³/mol. The van der Waals surface area contributed by atoms with Gasteiger partial charge in [-0.15, -0.1) is 0 Å². The monoisotopic (exact) mass is 271 g/mol. The van der Waals surface area contributed by atoms with Crippen molar-refractivity contribution in [1.82, 2.24) is 5.32 Å². The van der Waals surface area contributed by atoms with Crippen LogP contribution in [0.15, 0.2) is 55.1 Å². The number of nitrogens with one attached hydrogen (secondary N) is 1. The van der Waals surface area contributed by atoms with Crippen LogP contribution >= 0.6 is 0 Å². The van der Waals surface area contributed by atoms with Crippen LogP contribution in [0.5, 0.6) is 0 Å². The average molecular weight is 271 g/mol. The number of hydrogen-bond acceptors (Lipinski definition) is 1. The smallest absolute Gasteiger partial charge is 0.251 e. The molecule has 0 heterocycles. The van der Waals surface area contributed by atoms with E-state index in [-0.39, 0.29) is 7.33 Å². The van der Waals surface area contributed by atoms with Crippen LogP contribution in [-0.2, 0) is 0 Å². The number of amides is 1. The van der Waals surface area contributed by atoms with Crippen molar-refractivity contribution < 1.29 is 6.22 Å². The maximum absolute atomic E-state index is 11.9. The summed E-state index contributed by atoms with van der Waals surface area (Å²) >= 11 is 0. The summed E-state index contributed by atoms with van der Waals surface area (Å²) in [4.78, 5) is 11.9. The Morgan fingerprint density at radius 3 is 2.50 bits per heavy atom. The van der Waals surface area contributed by atoms with Crippen molar-refractivity contribution >= 4 is 11.5 Å². The third-order valence-corrected chi connectivity index (χ3v) is 2.98. The molecule has 0 aliphatic heterocycles. The molecule has 1 aromatic carbocycles. The van der Waals surface area contributed by atoms with Gasteiger partial charge in [0.1, 0.15) is 0 Å². The molecular weight excluding hydrogens is 246 g/mol. The lowest BCUT2D eigenvalue weighted by Gasteiger charge is -2.06. The second-order valence-corrected chi connectivity index (χ2v) is 4.54. The number of carbonyl (C=O) groups is 1. The molecule has 0 atom stereocenters. The summed E-state index contributed by atoms with van der Waals surface area (Å²) in [5.74, 6) is -0.0115. The third-order valence-electron chi connectivity index (χ3n) is 2.98. The van der Waals surface area contributed by atoms with E-state index in [0.717, 1.165) is 30.5 Å². The number of carbonyl (C=O) groups excluding carboxylic acids is 1. The highest BCUT2D eigenvalue weighted by Gasteiger charge is 2.04. The van der Waals surface area contributed by atoms with Gasteiger partial charge in [-0.2, -0.15) is 0 Å². The van der Waals surface area contributed by atoms with E-state index in [1.165, 1.54) is 0 Å². The van der Waals surface area contributed by atoms with Gasteiger partial charge in [0.15, 0.2) is 0 Å².